The lowest BCUT2D eigenvalue weighted by Crippen LogP contribution is -1.78. The lowest BCUT2D eigenvalue weighted by Gasteiger charge is -1.95. The SMILES string of the molecule is O=CC/C=C/c1ccc(Cl)c(F)c1. The van der Waals surface area contributed by atoms with Crippen molar-refractivity contribution in [3.05, 3.63) is 40.7 Å². The van der Waals surface area contributed by atoms with Crippen molar-refractivity contribution in [1.82, 2.24) is 0 Å². The number of carbonyl (C=O) groups excluding carboxylic acids is 1. The van der Waals surface area contributed by atoms with Crippen molar-refractivity contribution >= 4 is 24.0 Å². The molecule has 0 bridgehead atoms. The van der Waals surface area contributed by atoms with E-state index in [1.807, 2.05) is 0 Å². The van der Waals surface area contributed by atoms with Crippen molar-refractivity contribution in [2.45, 2.75) is 6.42 Å². The average molecular weight is 199 g/mol. The normalized spacial score (nSPS) is 10.6. The van der Waals surface area contributed by atoms with Crippen molar-refractivity contribution in [3.63, 3.8) is 0 Å². The molecule has 13 heavy (non-hydrogen) atoms. The van der Waals surface area contributed by atoms with Crippen LogP contribution in [0.4, 0.5) is 4.39 Å². The summed E-state index contributed by atoms with van der Waals surface area (Å²) in [5, 5.41) is 0.104. The minimum atomic E-state index is -0.449. The second-order valence-corrected chi connectivity index (χ2v) is 2.89. The Kier molecular flexibility index (Phi) is 3.65. The van der Waals surface area contributed by atoms with Gasteiger partial charge in [-0.1, -0.05) is 29.8 Å². The molecule has 0 saturated carbocycles. The van der Waals surface area contributed by atoms with E-state index in [0.717, 1.165) is 6.29 Å². The zero-order valence-corrected chi connectivity index (χ0v) is 7.59. The monoisotopic (exact) mass is 198 g/mol. The number of carbonyl (C=O) groups is 1. The van der Waals surface area contributed by atoms with Crippen molar-refractivity contribution in [3.8, 4) is 0 Å². The summed E-state index contributed by atoms with van der Waals surface area (Å²) >= 11 is 5.49. The summed E-state index contributed by atoms with van der Waals surface area (Å²) in [7, 11) is 0. The third kappa shape index (κ3) is 2.99. The topological polar surface area (TPSA) is 17.1 Å². The fraction of sp³-hybridized carbons (Fsp3) is 0.100. The molecule has 1 nitrogen and oxygen atoms in total. The van der Waals surface area contributed by atoms with E-state index in [1.54, 1.807) is 18.2 Å². The largest absolute Gasteiger partial charge is 0.303 e. The van der Waals surface area contributed by atoms with E-state index in [-0.39, 0.29) is 5.02 Å². The highest BCUT2D eigenvalue weighted by atomic mass is 35.5. The maximum atomic E-state index is 12.9. The molecule has 0 saturated heterocycles. The molecule has 0 aliphatic rings. The Labute approximate surface area is 80.8 Å². The van der Waals surface area contributed by atoms with Crippen molar-refractivity contribution < 1.29 is 9.18 Å². The van der Waals surface area contributed by atoms with Gasteiger partial charge in [0, 0.05) is 6.42 Å². The molecule has 3 heteroatoms. The van der Waals surface area contributed by atoms with Gasteiger partial charge in [-0.3, -0.25) is 0 Å². The second kappa shape index (κ2) is 4.77. The number of benzene rings is 1. The van der Waals surface area contributed by atoms with Gasteiger partial charge in [0.1, 0.15) is 12.1 Å². The molecule has 1 aromatic carbocycles. The van der Waals surface area contributed by atoms with E-state index >= 15 is 0 Å². The highest BCUT2D eigenvalue weighted by Crippen LogP contribution is 2.16. The molecule has 0 radical (unpaired) electrons. The van der Waals surface area contributed by atoms with Gasteiger partial charge in [-0.2, -0.15) is 0 Å². The summed E-state index contributed by atoms with van der Waals surface area (Å²) < 4.78 is 12.9. The number of hydrogen-bond acceptors (Lipinski definition) is 1. The predicted octanol–water partition coefficient (Wildman–Crippen LogP) is 3.08. The molecule has 0 aromatic heterocycles. The van der Waals surface area contributed by atoms with Gasteiger partial charge < -0.3 is 4.79 Å². The van der Waals surface area contributed by atoms with Gasteiger partial charge in [-0.15, -0.1) is 0 Å². The molecule has 0 unspecified atom stereocenters. The first-order valence-electron chi connectivity index (χ1n) is 3.79. The molecule has 0 aliphatic carbocycles. The summed E-state index contributed by atoms with van der Waals surface area (Å²) in [5.41, 5.74) is 0.698. The maximum Gasteiger partial charge on any atom is 0.142 e. The highest BCUT2D eigenvalue weighted by Gasteiger charge is 1.97. The zero-order valence-electron chi connectivity index (χ0n) is 6.84. The lowest BCUT2D eigenvalue weighted by atomic mass is 10.2. The summed E-state index contributed by atoms with van der Waals surface area (Å²) in [4.78, 5) is 9.97. The van der Waals surface area contributed by atoms with E-state index in [2.05, 4.69) is 0 Å². The van der Waals surface area contributed by atoms with Crippen LogP contribution in [0.2, 0.25) is 5.02 Å². The molecule has 0 spiro atoms. The van der Waals surface area contributed by atoms with Gasteiger partial charge in [0.25, 0.3) is 0 Å². The molecule has 68 valence electrons. The van der Waals surface area contributed by atoms with Crippen LogP contribution in [0.1, 0.15) is 12.0 Å². The first-order valence-corrected chi connectivity index (χ1v) is 4.17. The van der Waals surface area contributed by atoms with Crippen LogP contribution in [-0.4, -0.2) is 6.29 Å². The minimum absolute atomic E-state index is 0.104. The molecule has 0 atom stereocenters. The van der Waals surface area contributed by atoms with Crippen LogP contribution < -0.4 is 0 Å². The van der Waals surface area contributed by atoms with E-state index in [4.69, 9.17) is 11.6 Å². The molecule has 0 heterocycles. The summed E-state index contributed by atoms with van der Waals surface area (Å²) in [6, 6.07) is 4.49. The minimum Gasteiger partial charge on any atom is -0.303 e. The second-order valence-electron chi connectivity index (χ2n) is 2.48. The van der Waals surface area contributed by atoms with Crippen LogP contribution in [0.5, 0.6) is 0 Å². The molecular formula is C10H8ClFO. The Hall–Kier alpha value is -1.15. The molecule has 0 amide bonds. The van der Waals surface area contributed by atoms with Gasteiger partial charge >= 0.3 is 0 Å². The van der Waals surface area contributed by atoms with Crippen LogP contribution in [-0.2, 0) is 4.79 Å². The molecule has 1 aromatic rings. The van der Waals surface area contributed by atoms with Crippen LogP contribution >= 0.6 is 11.6 Å². The Morgan fingerprint density at radius 1 is 1.46 bits per heavy atom. The third-order valence-electron chi connectivity index (χ3n) is 1.49. The number of hydrogen-bond donors (Lipinski definition) is 0. The third-order valence-corrected chi connectivity index (χ3v) is 1.79. The van der Waals surface area contributed by atoms with E-state index < -0.39 is 5.82 Å². The molecule has 1 rings (SSSR count). The molecular weight excluding hydrogens is 191 g/mol. The van der Waals surface area contributed by atoms with Crippen LogP contribution in [0.15, 0.2) is 24.3 Å². The fourth-order valence-electron chi connectivity index (χ4n) is 0.876. The average Bonchev–Trinajstić information content (AvgIpc) is 2.12. The molecule has 0 fully saturated rings. The van der Waals surface area contributed by atoms with Gasteiger partial charge in [0.2, 0.25) is 0 Å². The number of rotatable bonds is 3. The van der Waals surface area contributed by atoms with Crippen LogP contribution in [0.25, 0.3) is 6.08 Å². The van der Waals surface area contributed by atoms with Crippen molar-refractivity contribution in [2.75, 3.05) is 0 Å². The highest BCUT2D eigenvalue weighted by molar-refractivity contribution is 6.30. The smallest absolute Gasteiger partial charge is 0.142 e. The van der Waals surface area contributed by atoms with E-state index in [1.165, 1.54) is 12.1 Å². The summed E-state index contributed by atoms with van der Waals surface area (Å²) in [6.07, 6.45) is 4.45. The van der Waals surface area contributed by atoms with Gasteiger partial charge in [-0.25, -0.2) is 4.39 Å². The standard InChI is InChI=1S/C10H8ClFO/c11-9-5-4-8(7-10(9)12)3-1-2-6-13/h1,3-7H,2H2/b3-1+. The van der Waals surface area contributed by atoms with Crippen molar-refractivity contribution in [1.29, 1.82) is 0 Å². The van der Waals surface area contributed by atoms with E-state index in [0.29, 0.717) is 12.0 Å². The quantitative estimate of drug-likeness (QED) is 0.683. The van der Waals surface area contributed by atoms with Gasteiger partial charge in [0.15, 0.2) is 0 Å². The first-order chi connectivity index (χ1) is 6.24. The Balaban J connectivity index is 2.79. The Morgan fingerprint density at radius 2 is 2.23 bits per heavy atom. The first kappa shape index (κ1) is 9.93. The van der Waals surface area contributed by atoms with Crippen LogP contribution in [0.3, 0.4) is 0 Å². The van der Waals surface area contributed by atoms with Gasteiger partial charge in [-0.05, 0) is 17.7 Å². The lowest BCUT2D eigenvalue weighted by molar-refractivity contribution is -0.107. The Morgan fingerprint density at radius 3 is 2.85 bits per heavy atom. The van der Waals surface area contributed by atoms with Gasteiger partial charge in [0.05, 0.1) is 5.02 Å². The zero-order chi connectivity index (χ0) is 9.68. The number of allylic oxidation sites excluding steroid dienone is 1. The fourth-order valence-corrected chi connectivity index (χ4v) is 0.993. The Bertz CT molecular complexity index is 334. The predicted molar refractivity (Wildman–Crippen MR) is 51.1 cm³/mol. The van der Waals surface area contributed by atoms with Crippen molar-refractivity contribution in [2.24, 2.45) is 0 Å². The number of aldehydes is 1. The summed E-state index contributed by atoms with van der Waals surface area (Å²) in [5.74, 6) is -0.449. The number of halogens is 2. The summed E-state index contributed by atoms with van der Waals surface area (Å²) in [6.45, 7) is 0. The molecule has 0 aliphatic heterocycles. The van der Waals surface area contributed by atoms with Crippen LogP contribution in [0, 0.1) is 5.82 Å². The van der Waals surface area contributed by atoms with E-state index in [9.17, 15) is 9.18 Å². The molecule has 0 N–H and O–H groups in total. The maximum absolute atomic E-state index is 12.9.